The van der Waals surface area contributed by atoms with Crippen LogP contribution >= 0.6 is 11.3 Å². The molecule has 0 N–H and O–H groups in total. The van der Waals surface area contributed by atoms with Crippen molar-refractivity contribution in [3.05, 3.63) is 32.5 Å². The lowest BCUT2D eigenvalue weighted by Gasteiger charge is -2.08. The lowest BCUT2D eigenvalue weighted by molar-refractivity contribution is 0.566. The Morgan fingerprint density at radius 3 is 2.33 bits per heavy atom. The molecule has 2 rings (SSSR count). The first-order valence-corrected chi connectivity index (χ1v) is 7.18. The topological polar surface area (TPSA) is 63.7 Å². The second-order valence-corrected chi connectivity index (χ2v) is 6.16. The van der Waals surface area contributed by atoms with Crippen LogP contribution in [0.25, 0.3) is 11.3 Å². The van der Waals surface area contributed by atoms with E-state index >= 15 is 0 Å². The number of rotatable bonds is 3. The van der Waals surface area contributed by atoms with Crippen LogP contribution in [-0.4, -0.2) is 22.8 Å². The van der Waals surface area contributed by atoms with Gasteiger partial charge in [-0.15, -0.1) is 11.3 Å². The summed E-state index contributed by atoms with van der Waals surface area (Å²) in [5.41, 5.74) is 3.39. The monoisotopic (exact) mass is 298 g/mol. The van der Waals surface area contributed by atoms with Crippen LogP contribution in [0.3, 0.4) is 0 Å². The van der Waals surface area contributed by atoms with Crippen molar-refractivity contribution < 1.29 is 4.65 Å². The molecule has 0 atom stereocenters. The lowest BCUT2D eigenvalue weighted by atomic mass is 10.1. The largest absolute Gasteiger partial charge is 0.565 e. The van der Waals surface area contributed by atoms with Crippen molar-refractivity contribution in [1.82, 2.24) is 14.8 Å². The first-order chi connectivity index (χ1) is 9.90. The zero-order chi connectivity index (χ0) is 15.7. The Morgan fingerprint density at radius 1 is 1.29 bits per heavy atom. The van der Waals surface area contributed by atoms with E-state index in [2.05, 4.69) is 16.2 Å². The molecule has 0 aromatic carbocycles. The van der Waals surface area contributed by atoms with Gasteiger partial charge in [-0.05, 0) is 27.7 Å². The summed E-state index contributed by atoms with van der Waals surface area (Å²) in [6.45, 7) is 7.69. The van der Waals surface area contributed by atoms with Crippen LogP contribution in [0.15, 0.2) is 0 Å². The van der Waals surface area contributed by atoms with Gasteiger partial charge < -0.3 is 4.65 Å². The van der Waals surface area contributed by atoms with E-state index in [0.717, 1.165) is 21.1 Å². The molecule has 0 bridgehead atoms. The summed E-state index contributed by atoms with van der Waals surface area (Å²) in [6.07, 6.45) is 0. The standard InChI is InChI=1S/C14H15BN4OS/c1-7-8(2)19(5)18-12(7)14(20-15)11(6-16)13-9(3)21-10(4)17-13/h1-5H3. The Morgan fingerprint density at radius 2 is 1.95 bits per heavy atom. The van der Waals surface area contributed by atoms with Gasteiger partial charge >= 0.3 is 8.05 Å². The van der Waals surface area contributed by atoms with E-state index in [1.165, 1.54) is 11.3 Å². The third kappa shape index (κ3) is 2.59. The number of hydrogen-bond donors (Lipinski definition) is 0. The van der Waals surface area contributed by atoms with Gasteiger partial charge in [0.2, 0.25) is 0 Å². The van der Waals surface area contributed by atoms with E-state index in [9.17, 15) is 5.26 Å². The lowest BCUT2D eigenvalue weighted by Crippen LogP contribution is -1.99. The van der Waals surface area contributed by atoms with Crippen molar-refractivity contribution in [2.24, 2.45) is 7.05 Å². The molecule has 0 aliphatic rings. The molecule has 0 amide bonds. The van der Waals surface area contributed by atoms with Crippen LogP contribution in [0.2, 0.25) is 0 Å². The predicted molar refractivity (Wildman–Crippen MR) is 83.5 cm³/mol. The van der Waals surface area contributed by atoms with Crippen molar-refractivity contribution in [2.45, 2.75) is 27.7 Å². The van der Waals surface area contributed by atoms with E-state index < -0.39 is 0 Å². The number of hydrogen-bond acceptors (Lipinski definition) is 5. The van der Waals surface area contributed by atoms with E-state index in [1.807, 2.05) is 34.7 Å². The van der Waals surface area contributed by atoms with Gasteiger partial charge in [0.25, 0.3) is 0 Å². The summed E-state index contributed by atoms with van der Waals surface area (Å²) in [4.78, 5) is 5.35. The molecular formula is C14H15BN4OS. The molecule has 2 aromatic heterocycles. The third-order valence-corrected chi connectivity index (χ3v) is 4.33. The van der Waals surface area contributed by atoms with Crippen LogP contribution in [0.1, 0.15) is 32.5 Å². The van der Waals surface area contributed by atoms with Crippen molar-refractivity contribution in [2.75, 3.05) is 0 Å². The van der Waals surface area contributed by atoms with Crippen molar-refractivity contribution >= 4 is 30.7 Å². The molecule has 21 heavy (non-hydrogen) atoms. The highest BCUT2D eigenvalue weighted by atomic mass is 32.1. The Labute approximate surface area is 129 Å². The Balaban J connectivity index is 2.73. The summed E-state index contributed by atoms with van der Waals surface area (Å²) in [5.74, 6) is 0.257. The number of aryl methyl sites for hydroxylation is 3. The Kier molecular flexibility index (Phi) is 4.19. The van der Waals surface area contributed by atoms with Crippen LogP contribution in [0.5, 0.6) is 0 Å². The molecule has 2 radical (unpaired) electrons. The Hall–Kier alpha value is -2.07. The molecule has 106 valence electrons. The van der Waals surface area contributed by atoms with Gasteiger partial charge in [-0.2, -0.15) is 10.4 Å². The second kappa shape index (κ2) is 5.74. The van der Waals surface area contributed by atoms with Crippen LogP contribution < -0.4 is 0 Å². The first kappa shape index (κ1) is 15.3. The molecule has 0 aliphatic heterocycles. The zero-order valence-electron chi connectivity index (χ0n) is 12.7. The highest BCUT2D eigenvalue weighted by Gasteiger charge is 2.22. The SMILES string of the molecule is [B]OC(=C(C#N)c1nc(C)sc1C)c1nn(C)c(C)c1C. The Bertz CT molecular complexity index is 767. The van der Waals surface area contributed by atoms with Crippen LogP contribution in [-0.2, 0) is 11.7 Å². The van der Waals surface area contributed by atoms with Crippen molar-refractivity contribution in [1.29, 1.82) is 5.26 Å². The van der Waals surface area contributed by atoms with Gasteiger partial charge in [0.05, 0.1) is 10.7 Å². The van der Waals surface area contributed by atoms with Gasteiger partial charge in [0.15, 0.2) is 0 Å². The fraction of sp³-hybridized carbons (Fsp3) is 0.357. The van der Waals surface area contributed by atoms with Crippen LogP contribution in [0, 0.1) is 39.0 Å². The highest BCUT2D eigenvalue weighted by Crippen LogP contribution is 2.31. The third-order valence-electron chi connectivity index (χ3n) is 3.45. The van der Waals surface area contributed by atoms with Crippen molar-refractivity contribution in [3.63, 3.8) is 0 Å². The van der Waals surface area contributed by atoms with Crippen LogP contribution in [0.4, 0.5) is 0 Å². The van der Waals surface area contributed by atoms with Gasteiger partial charge in [0, 0.05) is 23.2 Å². The van der Waals surface area contributed by atoms with E-state index in [4.69, 9.17) is 12.7 Å². The number of nitrogens with zero attached hydrogens (tertiary/aromatic N) is 4. The zero-order valence-corrected chi connectivity index (χ0v) is 13.5. The molecule has 0 fully saturated rings. The summed E-state index contributed by atoms with van der Waals surface area (Å²) in [5, 5.41) is 14.8. The molecule has 2 aromatic rings. The number of allylic oxidation sites excluding steroid dienone is 1. The highest BCUT2D eigenvalue weighted by molar-refractivity contribution is 7.11. The molecule has 0 aliphatic carbocycles. The number of nitriles is 1. The molecule has 0 unspecified atom stereocenters. The second-order valence-electron chi connectivity index (χ2n) is 4.75. The van der Waals surface area contributed by atoms with Gasteiger partial charge in [-0.25, -0.2) is 4.98 Å². The number of thiazole rings is 1. The molecule has 0 spiro atoms. The maximum absolute atomic E-state index is 9.53. The molecule has 5 nitrogen and oxygen atoms in total. The van der Waals surface area contributed by atoms with Gasteiger partial charge in [0.1, 0.15) is 23.1 Å². The smallest absolute Gasteiger partial charge is 0.374 e. The van der Waals surface area contributed by atoms with Crippen molar-refractivity contribution in [3.8, 4) is 6.07 Å². The summed E-state index contributed by atoms with van der Waals surface area (Å²) >= 11 is 1.53. The normalized spacial score (nSPS) is 12.0. The minimum atomic E-state index is 0.257. The fourth-order valence-corrected chi connectivity index (χ4v) is 2.96. The minimum absolute atomic E-state index is 0.257. The predicted octanol–water partition coefficient (Wildman–Crippen LogP) is 2.60. The maximum Gasteiger partial charge on any atom is 0.374 e. The summed E-state index contributed by atoms with van der Waals surface area (Å²) < 4.78 is 6.74. The number of aromatic nitrogens is 3. The molecule has 7 heteroatoms. The molecule has 0 saturated carbocycles. The molecular weight excluding hydrogens is 283 g/mol. The van der Waals surface area contributed by atoms with E-state index in [-0.39, 0.29) is 5.76 Å². The fourth-order valence-electron chi connectivity index (χ4n) is 2.13. The molecule has 2 heterocycles. The first-order valence-electron chi connectivity index (χ1n) is 6.36. The quantitative estimate of drug-likeness (QED) is 0.496. The average molecular weight is 298 g/mol. The average Bonchev–Trinajstić information content (AvgIpc) is 2.90. The minimum Gasteiger partial charge on any atom is -0.565 e. The van der Waals surface area contributed by atoms with E-state index in [0.29, 0.717) is 17.0 Å². The summed E-state index contributed by atoms with van der Waals surface area (Å²) in [6, 6.07) is 2.15. The van der Waals surface area contributed by atoms with Gasteiger partial charge in [-0.1, -0.05) is 0 Å². The summed E-state index contributed by atoms with van der Waals surface area (Å²) in [7, 11) is 7.26. The maximum atomic E-state index is 9.53. The molecule has 0 saturated heterocycles. The van der Waals surface area contributed by atoms with E-state index in [1.54, 1.807) is 4.68 Å². The van der Waals surface area contributed by atoms with Gasteiger partial charge in [-0.3, -0.25) is 4.68 Å².